The number of anilines is 1. The van der Waals surface area contributed by atoms with Crippen molar-refractivity contribution in [3.8, 4) is 0 Å². The molecule has 2 heterocycles. The van der Waals surface area contributed by atoms with Gasteiger partial charge in [-0.3, -0.25) is 4.79 Å². The van der Waals surface area contributed by atoms with Crippen LogP contribution in [0.25, 0.3) is 0 Å². The van der Waals surface area contributed by atoms with Crippen molar-refractivity contribution in [3.05, 3.63) is 35.1 Å². The molecule has 0 aliphatic heterocycles. The predicted octanol–water partition coefficient (Wildman–Crippen LogP) is 1.17. The lowest BCUT2D eigenvalue weighted by Gasteiger charge is -2.00. The van der Waals surface area contributed by atoms with Crippen LogP contribution in [0.1, 0.15) is 11.4 Å². The third-order valence-electron chi connectivity index (χ3n) is 1.93. The third-order valence-corrected chi connectivity index (χ3v) is 2.78. The molecule has 0 atom stereocenters. The second kappa shape index (κ2) is 5.35. The number of hydrogen-bond acceptors (Lipinski definition) is 6. The Labute approximate surface area is 101 Å². The fourth-order valence-electron chi connectivity index (χ4n) is 1.22. The van der Waals surface area contributed by atoms with E-state index in [0.717, 1.165) is 5.69 Å². The van der Waals surface area contributed by atoms with E-state index in [-0.39, 0.29) is 6.42 Å². The van der Waals surface area contributed by atoms with Crippen LogP contribution in [0.4, 0.5) is 5.13 Å². The van der Waals surface area contributed by atoms with Gasteiger partial charge in [0.05, 0.1) is 24.4 Å². The summed E-state index contributed by atoms with van der Waals surface area (Å²) in [4.78, 5) is 14.6. The SMILES string of the molecule is O=C(O)Cc1csc(NCc2cccnn2)n1. The highest BCUT2D eigenvalue weighted by Crippen LogP contribution is 2.16. The molecule has 2 aromatic rings. The van der Waals surface area contributed by atoms with E-state index in [0.29, 0.717) is 17.4 Å². The number of nitrogens with zero attached hydrogens (tertiary/aromatic N) is 3. The Morgan fingerprint density at radius 2 is 2.35 bits per heavy atom. The lowest BCUT2D eigenvalue weighted by atomic mass is 10.3. The van der Waals surface area contributed by atoms with Gasteiger partial charge in [-0.05, 0) is 12.1 Å². The molecule has 0 fully saturated rings. The first kappa shape index (κ1) is 11.5. The van der Waals surface area contributed by atoms with Gasteiger partial charge >= 0.3 is 5.97 Å². The minimum atomic E-state index is -0.879. The van der Waals surface area contributed by atoms with E-state index in [2.05, 4.69) is 20.5 Å². The first-order valence-corrected chi connectivity index (χ1v) is 5.78. The van der Waals surface area contributed by atoms with E-state index in [9.17, 15) is 4.79 Å². The standard InChI is InChI=1S/C10H10N4O2S/c15-9(16)4-8-6-17-10(13-8)11-5-7-2-1-3-12-14-7/h1-3,6H,4-5H2,(H,11,13)(H,15,16). The van der Waals surface area contributed by atoms with Gasteiger partial charge < -0.3 is 10.4 Å². The molecule has 7 heteroatoms. The summed E-state index contributed by atoms with van der Waals surface area (Å²) < 4.78 is 0. The molecule has 2 N–H and O–H groups in total. The van der Waals surface area contributed by atoms with Gasteiger partial charge in [-0.15, -0.1) is 11.3 Å². The van der Waals surface area contributed by atoms with Gasteiger partial charge in [0.25, 0.3) is 0 Å². The Hall–Kier alpha value is -2.02. The Morgan fingerprint density at radius 1 is 1.47 bits per heavy atom. The Morgan fingerprint density at radius 3 is 3.06 bits per heavy atom. The zero-order valence-electron chi connectivity index (χ0n) is 8.83. The lowest BCUT2D eigenvalue weighted by Crippen LogP contribution is -2.03. The van der Waals surface area contributed by atoms with Crippen molar-refractivity contribution < 1.29 is 9.90 Å². The molecule has 0 saturated carbocycles. The largest absolute Gasteiger partial charge is 0.481 e. The van der Waals surface area contributed by atoms with Crippen molar-refractivity contribution >= 4 is 22.4 Å². The highest BCUT2D eigenvalue weighted by molar-refractivity contribution is 7.13. The molecular weight excluding hydrogens is 240 g/mol. The summed E-state index contributed by atoms with van der Waals surface area (Å²) in [6.45, 7) is 0.522. The van der Waals surface area contributed by atoms with E-state index >= 15 is 0 Å². The molecule has 0 unspecified atom stereocenters. The molecule has 6 nitrogen and oxygen atoms in total. The van der Waals surface area contributed by atoms with Crippen LogP contribution in [0.5, 0.6) is 0 Å². The minimum Gasteiger partial charge on any atom is -0.481 e. The molecule has 0 saturated heterocycles. The lowest BCUT2D eigenvalue weighted by molar-refractivity contribution is -0.136. The van der Waals surface area contributed by atoms with Crippen LogP contribution < -0.4 is 5.32 Å². The molecule has 0 aliphatic carbocycles. The fourth-order valence-corrected chi connectivity index (χ4v) is 1.93. The third kappa shape index (κ3) is 3.49. The van der Waals surface area contributed by atoms with Crippen molar-refractivity contribution in [2.45, 2.75) is 13.0 Å². The summed E-state index contributed by atoms with van der Waals surface area (Å²) in [5.74, 6) is -0.879. The smallest absolute Gasteiger partial charge is 0.309 e. The molecule has 0 aromatic carbocycles. The van der Waals surface area contributed by atoms with Gasteiger partial charge in [0.1, 0.15) is 0 Å². The van der Waals surface area contributed by atoms with Crippen LogP contribution in [-0.4, -0.2) is 26.3 Å². The van der Waals surface area contributed by atoms with Crippen LogP contribution in [0, 0.1) is 0 Å². The van der Waals surface area contributed by atoms with Crippen molar-refractivity contribution in [1.82, 2.24) is 15.2 Å². The number of aliphatic carboxylic acids is 1. The highest BCUT2D eigenvalue weighted by atomic mass is 32.1. The maximum atomic E-state index is 10.5. The van der Waals surface area contributed by atoms with E-state index in [1.54, 1.807) is 11.6 Å². The number of carbonyl (C=O) groups is 1. The normalized spacial score (nSPS) is 10.1. The number of hydrogen-bond donors (Lipinski definition) is 2. The van der Waals surface area contributed by atoms with Crippen molar-refractivity contribution in [2.75, 3.05) is 5.32 Å². The van der Waals surface area contributed by atoms with Crippen molar-refractivity contribution in [1.29, 1.82) is 0 Å². The number of thiazole rings is 1. The van der Waals surface area contributed by atoms with Gasteiger partial charge in [0, 0.05) is 11.6 Å². The van der Waals surface area contributed by atoms with Gasteiger partial charge in [-0.2, -0.15) is 10.2 Å². The Kier molecular flexibility index (Phi) is 3.61. The van der Waals surface area contributed by atoms with Crippen molar-refractivity contribution in [2.24, 2.45) is 0 Å². The molecule has 2 rings (SSSR count). The number of rotatable bonds is 5. The van der Waals surface area contributed by atoms with Crippen LogP contribution >= 0.6 is 11.3 Å². The summed E-state index contributed by atoms with van der Waals surface area (Å²) in [5, 5.41) is 21.8. The zero-order valence-corrected chi connectivity index (χ0v) is 9.65. The first-order valence-electron chi connectivity index (χ1n) is 4.90. The molecule has 0 spiro atoms. The van der Waals surface area contributed by atoms with Crippen LogP contribution in [-0.2, 0) is 17.8 Å². The average Bonchev–Trinajstić information content (AvgIpc) is 2.75. The first-order chi connectivity index (χ1) is 8.24. The Bertz CT molecular complexity index is 500. The molecule has 0 amide bonds. The van der Waals surface area contributed by atoms with Gasteiger partial charge in [-0.1, -0.05) is 0 Å². The molecule has 88 valence electrons. The maximum absolute atomic E-state index is 10.5. The molecule has 2 aromatic heterocycles. The van der Waals surface area contributed by atoms with E-state index in [1.807, 2.05) is 12.1 Å². The zero-order chi connectivity index (χ0) is 12.1. The quantitative estimate of drug-likeness (QED) is 0.828. The van der Waals surface area contributed by atoms with Crippen molar-refractivity contribution in [3.63, 3.8) is 0 Å². The highest BCUT2D eigenvalue weighted by Gasteiger charge is 2.05. The minimum absolute atomic E-state index is 0.0523. The number of carboxylic acid groups (broad SMARTS) is 1. The average molecular weight is 250 g/mol. The van der Waals surface area contributed by atoms with Crippen LogP contribution in [0.3, 0.4) is 0 Å². The van der Waals surface area contributed by atoms with Crippen LogP contribution in [0.2, 0.25) is 0 Å². The molecule has 0 aliphatic rings. The summed E-state index contributed by atoms with van der Waals surface area (Å²) in [6.07, 6.45) is 1.56. The molecule has 0 bridgehead atoms. The van der Waals surface area contributed by atoms with Gasteiger partial charge in [0.2, 0.25) is 0 Å². The summed E-state index contributed by atoms with van der Waals surface area (Å²) in [6, 6.07) is 3.66. The monoisotopic (exact) mass is 250 g/mol. The fraction of sp³-hybridized carbons (Fsp3) is 0.200. The summed E-state index contributed by atoms with van der Waals surface area (Å²) >= 11 is 1.38. The van der Waals surface area contributed by atoms with E-state index in [4.69, 9.17) is 5.11 Å². The molecule has 0 radical (unpaired) electrons. The maximum Gasteiger partial charge on any atom is 0.309 e. The molecule has 17 heavy (non-hydrogen) atoms. The summed E-state index contributed by atoms with van der Waals surface area (Å²) in [5.41, 5.74) is 1.37. The van der Waals surface area contributed by atoms with Gasteiger partial charge in [-0.25, -0.2) is 4.98 Å². The van der Waals surface area contributed by atoms with E-state index in [1.165, 1.54) is 11.3 Å². The second-order valence-electron chi connectivity index (χ2n) is 3.28. The summed E-state index contributed by atoms with van der Waals surface area (Å²) in [7, 11) is 0. The number of carboxylic acids is 1. The molecular formula is C10H10N4O2S. The van der Waals surface area contributed by atoms with Crippen LogP contribution in [0.15, 0.2) is 23.7 Å². The van der Waals surface area contributed by atoms with Gasteiger partial charge in [0.15, 0.2) is 5.13 Å². The predicted molar refractivity (Wildman–Crippen MR) is 62.8 cm³/mol. The topological polar surface area (TPSA) is 88.0 Å². The van der Waals surface area contributed by atoms with E-state index < -0.39 is 5.97 Å². The number of nitrogens with one attached hydrogen (secondary N) is 1. The second-order valence-corrected chi connectivity index (χ2v) is 4.14. The Balaban J connectivity index is 1.91. The number of aromatic nitrogens is 3.